The van der Waals surface area contributed by atoms with Crippen LogP contribution in [-0.2, 0) is 4.79 Å². The monoisotopic (exact) mass is 280 g/mol. The molecule has 6 heteroatoms. The van der Waals surface area contributed by atoms with Gasteiger partial charge in [0.15, 0.2) is 0 Å². The van der Waals surface area contributed by atoms with Crippen LogP contribution in [-0.4, -0.2) is 18.5 Å². The molecule has 0 aromatic heterocycles. The van der Waals surface area contributed by atoms with Crippen LogP contribution in [0.2, 0.25) is 0 Å². The SMILES string of the molecule is [N-]=[N+]=NC1CCN(c2ccc(Br)cc2)C1=O. The fraction of sp³-hybridized carbons (Fsp3) is 0.300. The predicted molar refractivity (Wildman–Crippen MR) is 64.0 cm³/mol. The molecule has 1 aromatic rings. The molecule has 2 rings (SSSR count). The summed E-state index contributed by atoms with van der Waals surface area (Å²) in [6.07, 6.45) is 0.582. The van der Waals surface area contributed by atoms with Gasteiger partial charge in [-0.25, -0.2) is 0 Å². The zero-order valence-corrected chi connectivity index (χ0v) is 9.96. The number of anilines is 1. The zero-order chi connectivity index (χ0) is 11.5. The maximum Gasteiger partial charge on any atom is 0.236 e. The van der Waals surface area contributed by atoms with Gasteiger partial charge >= 0.3 is 0 Å². The maximum absolute atomic E-state index is 11.8. The lowest BCUT2D eigenvalue weighted by molar-refractivity contribution is -0.118. The quantitative estimate of drug-likeness (QED) is 0.467. The summed E-state index contributed by atoms with van der Waals surface area (Å²) in [7, 11) is 0. The van der Waals surface area contributed by atoms with E-state index in [9.17, 15) is 4.79 Å². The number of benzene rings is 1. The topological polar surface area (TPSA) is 69.1 Å². The third-order valence-electron chi connectivity index (χ3n) is 2.51. The average Bonchev–Trinajstić information content (AvgIpc) is 2.63. The minimum Gasteiger partial charge on any atom is -0.312 e. The summed E-state index contributed by atoms with van der Waals surface area (Å²) >= 11 is 3.34. The molecule has 1 fully saturated rings. The third-order valence-corrected chi connectivity index (χ3v) is 3.04. The van der Waals surface area contributed by atoms with E-state index in [2.05, 4.69) is 26.0 Å². The van der Waals surface area contributed by atoms with Crippen LogP contribution in [0, 0.1) is 0 Å². The van der Waals surface area contributed by atoms with Crippen LogP contribution in [0.5, 0.6) is 0 Å². The molecule has 1 atom stereocenters. The molecule has 0 aliphatic carbocycles. The van der Waals surface area contributed by atoms with Crippen LogP contribution in [0.4, 0.5) is 5.69 Å². The second kappa shape index (κ2) is 4.55. The highest BCUT2D eigenvalue weighted by Crippen LogP contribution is 2.24. The van der Waals surface area contributed by atoms with Crippen molar-refractivity contribution in [2.45, 2.75) is 12.5 Å². The zero-order valence-electron chi connectivity index (χ0n) is 8.38. The molecule has 0 bridgehead atoms. The van der Waals surface area contributed by atoms with Gasteiger partial charge in [0.1, 0.15) is 6.04 Å². The van der Waals surface area contributed by atoms with E-state index in [1.807, 2.05) is 24.3 Å². The summed E-state index contributed by atoms with van der Waals surface area (Å²) in [4.78, 5) is 16.2. The number of amides is 1. The van der Waals surface area contributed by atoms with Crippen LogP contribution in [0.3, 0.4) is 0 Å². The van der Waals surface area contributed by atoms with Crippen LogP contribution in [0.15, 0.2) is 33.9 Å². The lowest BCUT2D eigenvalue weighted by Crippen LogP contribution is -2.28. The number of carbonyl (C=O) groups excluding carboxylic acids is 1. The number of hydrogen-bond acceptors (Lipinski definition) is 2. The van der Waals surface area contributed by atoms with Crippen LogP contribution >= 0.6 is 15.9 Å². The number of halogens is 1. The molecule has 1 saturated heterocycles. The van der Waals surface area contributed by atoms with Gasteiger partial charge in [-0.05, 0) is 36.2 Å². The van der Waals surface area contributed by atoms with E-state index in [4.69, 9.17) is 5.53 Å². The number of azide groups is 1. The lowest BCUT2D eigenvalue weighted by Gasteiger charge is -2.15. The molecule has 0 spiro atoms. The molecule has 1 amide bonds. The Morgan fingerprint density at radius 1 is 1.44 bits per heavy atom. The van der Waals surface area contributed by atoms with Crippen molar-refractivity contribution in [2.75, 3.05) is 11.4 Å². The van der Waals surface area contributed by atoms with Crippen molar-refractivity contribution in [3.05, 3.63) is 39.2 Å². The number of nitrogens with zero attached hydrogens (tertiary/aromatic N) is 4. The minimum atomic E-state index is -0.548. The second-order valence-corrected chi connectivity index (χ2v) is 4.39. The Morgan fingerprint density at radius 3 is 2.75 bits per heavy atom. The first kappa shape index (κ1) is 11.0. The Labute approximate surface area is 101 Å². The molecule has 0 radical (unpaired) electrons. The molecular weight excluding hydrogens is 272 g/mol. The standard InChI is InChI=1S/C10H9BrN4O/c11-7-1-3-8(4-2-7)15-6-5-9(10(15)16)13-14-12/h1-4,9H,5-6H2. The predicted octanol–water partition coefficient (Wildman–Crippen LogP) is 2.86. The van der Waals surface area contributed by atoms with E-state index in [0.29, 0.717) is 13.0 Å². The van der Waals surface area contributed by atoms with Gasteiger partial charge in [-0.3, -0.25) is 4.79 Å². The Kier molecular flexibility index (Phi) is 3.12. The smallest absolute Gasteiger partial charge is 0.236 e. The van der Waals surface area contributed by atoms with E-state index < -0.39 is 6.04 Å². The Morgan fingerprint density at radius 2 is 2.12 bits per heavy atom. The highest BCUT2D eigenvalue weighted by atomic mass is 79.9. The highest BCUT2D eigenvalue weighted by molar-refractivity contribution is 9.10. The molecule has 1 aliphatic rings. The van der Waals surface area contributed by atoms with Crippen molar-refractivity contribution < 1.29 is 4.79 Å². The van der Waals surface area contributed by atoms with Crippen molar-refractivity contribution >= 4 is 27.5 Å². The Hall–Kier alpha value is -1.52. The summed E-state index contributed by atoms with van der Waals surface area (Å²) in [5.41, 5.74) is 9.16. The maximum atomic E-state index is 11.8. The van der Waals surface area contributed by atoms with Gasteiger partial charge in [0, 0.05) is 21.6 Å². The molecule has 1 heterocycles. The summed E-state index contributed by atoms with van der Waals surface area (Å²) in [5.74, 6) is -0.125. The normalized spacial score (nSPS) is 19.7. The van der Waals surface area contributed by atoms with Gasteiger partial charge in [-0.2, -0.15) is 0 Å². The molecule has 1 aliphatic heterocycles. The number of carbonyl (C=O) groups is 1. The number of rotatable bonds is 2. The molecular formula is C10H9BrN4O. The average molecular weight is 281 g/mol. The van der Waals surface area contributed by atoms with E-state index >= 15 is 0 Å². The lowest BCUT2D eigenvalue weighted by atomic mass is 10.3. The molecule has 5 nitrogen and oxygen atoms in total. The molecule has 0 saturated carbocycles. The summed E-state index contributed by atoms with van der Waals surface area (Å²) < 4.78 is 0.967. The van der Waals surface area contributed by atoms with E-state index in [1.54, 1.807) is 4.90 Å². The number of hydrogen-bond donors (Lipinski definition) is 0. The van der Waals surface area contributed by atoms with Crippen LogP contribution in [0.25, 0.3) is 10.4 Å². The molecule has 82 valence electrons. The first-order valence-electron chi connectivity index (χ1n) is 4.83. The first-order chi connectivity index (χ1) is 7.72. The van der Waals surface area contributed by atoms with E-state index in [-0.39, 0.29) is 5.91 Å². The largest absolute Gasteiger partial charge is 0.312 e. The van der Waals surface area contributed by atoms with Crippen molar-refractivity contribution in [1.29, 1.82) is 0 Å². The van der Waals surface area contributed by atoms with Gasteiger partial charge in [0.2, 0.25) is 5.91 Å². The summed E-state index contributed by atoms with van der Waals surface area (Å²) in [6.45, 7) is 0.601. The van der Waals surface area contributed by atoms with Crippen molar-refractivity contribution in [1.82, 2.24) is 0 Å². The molecule has 1 aromatic carbocycles. The van der Waals surface area contributed by atoms with E-state index in [1.165, 1.54) is 0 Å². The second-order valence-electron chi connectivity index (χ2n) is 3.48. The summed E-state index contributed by atoms with van der Waals surface area (Å²) in [5, 5.41) is 3.48. The van der Waals surface area contributed by atoms with Gasteiger partial charge < -0.3 is 4.90 Å². The molecule has 16 heavy (non-hydrogen) atoms. The van der Waals surface area contributed by atoms with Crippen molar-refractivity contribution in [3.63, 3.8) is 0 Å². The molecule has 1 unspecified atom stereocenters. The summed E-state index contributed by atoms with van der Waals surface area (Å²) in [6, 6.07) is 6.93. The van der Waals surface area contributed by atoms with Gasteiger partial charge in [-0.1, -0.05) is 21.0 Å². The van der Waals surface area contributed by atoms with Crippen molar-refractivity contribution in [2.24, 2.45) is 5.11 Å². The van der Waals surface area contributed by atoms with Crippen LogP contribution < -0.4 is 4.90 Å². The minimum absolute atomic E-state index is 0.125. The van der Waals surface area contributed by atoms with Gasteiger partial charge in [0.25, 0.3) is 0 Å². The first-order valence-corrected chi connectivity index (χ1v) is 5.63. The fourth-order valence-electron chi connectivity index (χ4n) is 1.71. The molecule has 0 N–H and O–H groups in total. The third kappa shape index (κ3) is 2.03. The van der Waals surface area contributed by atoms with Gasteiger partial charge in [0.05, 0.1) is 0 Å². The van der Waals surface area contributed by atoms with E-state index in [0.717, 1.165) is 10.2 Å². The van der Waals surface area contributed by atoms with Crippen LogP contribution in [0.1, 0.15) is 6.42 Å². The van der Waals surface area contributed by atoms with Gasteiger partial charge in [-0.15, -0.1) is 0 Å². The highest BCUT2D eigenvalue weighted by Gasteiger charge is 2.31. The Balaban J connectivity index is 2.21. The van der Waals surface area contributed by atoms with Crippen molar-refractivity contribution in [3.8, 4) is 0 Å². The fourth-order valence-corrected chi connectivity index (χ4v) is 1.98. The Bertz CT molecular complexity index is 452.